The SMILES string of the molecule is C=C(C)N=C(Cl)/C(=N/C(=NC)SC)C(=C)C.CF. The van der Waals surface area contributed by atoms with Gasteiger partial charge in [0.25, 0.3) is 0 Å². The summed E-state index contributed by atoms with van der Waals surface area (Å²) < 4.78 is 9.50. The molecule has 0 spiro atoms. The van der Waals surface area contributed by atoms with E-state index in [0.29, 0.717) is 23.8 Å². The van der Waals surface area contributed by atoms with Gasteiger partial charge in [-0.05, 0) is 25.7 Å². The summed E-state index contributed by atoms with van der Waals surface area (Å²) >= 11 is 7.47. The van der Waals surface area contributed by atoms with E-state index in [1.54, 1.807) is 14.0 Å². The quantitative estimate of drug-likeness (QED) is 0.569. The first-order valence-corrected chi connectivity index (χ1v) is 6.55. The van der Waals surface area contributed by atoms with E-state index in [9.17, 15) is 4.39 Å². The monoisotopic (exact) mass is 291 g/mol. The molecule has 18 heavy (non-hydrogen) atoms. The third-order valence-electron chi connectivity index (χ3n) is 1.47. The third-order valence-corrected chi connectivity index (χ3v) is 2.37. The molecular formula is C12H19ClFN3S. The molecule has 0 aromatic carbocycles. The molecule has 0 atom stereocenters. The molecule has 0 N–H and O–H groups in total. The number of hydrogen-bond donors (Lipinski definition) is 0. The number of rotatable bonds is 3. The minimum absolute atomic E-state index is 0.287. The van der Waals surface area contributed by atoms with Gasteiger partial charge in [0.15, 0.2) is 10.3 Å². The molecule has 0 heterocycles. The molecule has 0 fully saturated rings. The van der Waals surface area contributed by atoms with Gasteiger partial charge in [-0.15, -0.1) is 0 Å². The number of allylic oxidation sites excluding steroid dienone is 2. The number of nitrogens with zero attached hydrogens (tertiary/aromatic N) is 3. The van der Waals surface area contributed by atoms with Crippen LogP contribution in [0.15, 0.2) is 39.4 Å². The van der Waals surface area contributed by atoms with Gasteiger partial charge in [-0.3, -0.25) is 9.38 Å². The summed E-state index contributed by atoms with van der Waals surface area (Å²) in [5.41, 5.74) is 1.91. The number of alkyl halides is 1. The van der Waals surface area contributed by atoms with Gasteiger partial charge >= 0.3 is 0 Å². The minimum Gasteiger partial charge on any atom is -0.264 e. The molecule has 0 aromatic rings. The first-order valence-electron chi connectivity index (χ1n) is 4.95. The summed E-state index contributed by atoms with van der Waals surface area (Å²) in [5.74, 6) is 0. The number of amidine groups is 1. The standard InChI is InChI=1S/C11H16ClN3S.CH3F/c1-7(2)9(10(12)14-8(3)4)15-11(13-5)16-6;1-2/h1,3H2,2,4-6H3;1H3/b13-11?,14-10?,15-9+;. The fraction of sp³-hybridized carbons (Fsp3) is 0.417. The zero-order valence-corrected chi connectivity index (χ0v) is 13.0. The zero-order chi connectivity index (χ0) is 14.7. The number of hydrogen-bond acceptors (Lipinski definition) is 3. The van der Waals surface area contributed by atoms with Gasteiger partial charge in [0.1, 0.15) is 5.71 Å². The molecule has 0 saturated carbocycles. The summed E-state index contributed by atoms with van der Waals surface area (Å²) in [6, 6.07) is 0. The molecule has 0 aliphatic rings. The predicted molar refractivity (Wildman–Crippen MR) is 84.3 cm³/mol. The van der Waals surface area contributed by atoms with Crippen molar-refractivity contribution in [1.82, 2.24) is 0 Å². The molecule has 0 saturated heterocycles. The Morgan fingerprint density at radius 3 is 1.94 bits per heavy atom. The molecule has 6 heteroatoms. The number of thioether (sulfide) groups is 1. The summed E-state index contributed by atoms with van der Waals surface area (Å²) in [6.45, 7) is 11.1. The van der Waals surface area contributed by atoms with Crippen molar-refractivity contribution in [1.29, 1.82) is 0 Å². The Bertz CT molecular complexity index is 387. The van der Waals surface area contributed by atoms with E-state index < -0.39 is 0 Å². The lowest BCUT2D eigenvalue weighted by Crippen LogP contribution is -2.11. The largest absolute Gasteiger partial charge is 0.264 e. The highest BCUT2D eigenvalue weighted by molar-refractivity contribution is 8.13. The topological polar surface area (TPSA) is 37.1 Å². The molecule has 3 nitrogen and oxygen atoms in total. The molecular weight excluding hydrogens is 273 g/mol. The van der Waals surface area contributed by atoms with Gasteiger partial charge in [-0.25, -0.2) is 9.98 Å². The van der Waals surface area contributed by atoms with Crippen molar-refractivity contribution in [2.75, 3.05) is 20.5 Å². The molecule has 0 aliphatic heterocycles. The Morgan fingerprint density at radius 1 is 1.17 bits per heavy atom. The lowest BCUT2D eigenvalue weighted by molar-refractivity contribution is 0.636. The Hall–Kier alpha value is -0.940. The Kier molecular flexibility index (Phi) is 12.0. The molecule has 102 valence electrons. The van der Waals surface area contributed by atoms with Crippen LogP contribution in [0.3, 0.4) is 0 Å². The van der Waals surface area contributed by atoms with Crippen LogP contribution in [0, 0.1) is 0 Å². The van der Waals surface area contributed by atoms with Gasteiger partial charge in [0.05, 0.1) is 7.18 Å². The van der Waals surface area contributed by atoms with E-state index in [-0.39, 0.29) is 5.17 Å². The summed E-state index contributed by atoms with van der Waals surface area (Å²) in [4.78, 5) is 12.3. The predicted octanol–water partition coefficient (Wildman–Crippen LogP) is 4.11. The van der Waals surface area contributed by atoms with Crippen LogP contribution in [0.4, 0.5) is 4.39 Å². The summed E-state index contributed by atoms with van der Waals surface area (Å²) in [6.07, 6.45) is 1.89. The zero-order valence-electron chi connectivity index (χ0n) is 11.4. The molecule has 0 bridgehead atoms. The maximum atomic E-state index is 9.50. The van der Waals surface area contributed by atoms with E-state index >= 15 is 0 Å². The second-order valence-corrected chi connectivity index (χ2v) is 4.22. The van der Waals surface area contributed by atoms with E-state index in [2.05, 4.69) is 28.1 Å². The molecule has 0 amide bonds. The van der Waals surface area contributed by atoms with Crippen LogP contribution in [-0.2, 0) is 0 Å². The average Bonchev–Trinajstić information content (AvgIpc) is 2.31. The lowest BCUT2D eigenvalue weighted by atomic mass is 10.2. The van der Waals surface area contributed by atoms with Crippen molar-refractivity contribution >= 4 is 39.4 Å². The van der Waals surface area contributed by atoms with Crippen LogP contribution in [-0.4, -0.2) is 36.5 Å². The van der Waals surface area contributed by atoms with Gasteiger partial charge in [0.2, 0.25) is 0 Å². The Morgan fingerprint density at radius 2 is 1.67 bits per heavy atom. The maximum absolute atomic E-state index is 9.50. The summed E-state index contributed by atoms with van der Waals surface area (Å²) in [5, 5.41) is 0.920. The van der Waals surface area contributed by atoms with E-state index in [1.807, 2.05) is 13.2 Å². The lowest BCUT2D eigenvalue weighted by Gasteiger charge is -2.04. The van der Waals surface area contributed by atoms with Crippen LogP contribution >= 0.6 is 23.4 Å². The Balaban J connectivity index is 0. The van der Waals surface area contributed by atoms with Crippen molar-refractivity contribution < 1.29 is 4.39 Å². The highest BCUT2D eigenvalue weighted by Gasteiger charge is 2.08. The molecule has 0 radical (unpaired) electrons. The highest BCUT2D eigenvalue weighted by atomic mass is 35.5. The van der Waals surface area contributed by atoms with Crippen LogP contribution in [0.1, 0.15) is 13.8 Å². The van der Waals surface area contributed by atoms with Crippen LogP contribution in [0.5, 0.6) is 0 Å². The second kappa shape index (κ2) is 11.2. The molecule has 0 aliphatic carbocycles. The van der Waals surface area contributed by atoms with Gasteiger partial charge < -0.3 is 0 Å². The second-order valence-electron chi connectivity index (χ2n) is 3.09. The van der Waals surface area contributed by atoms with Crippen molar-refractivity contribution in [3.05, 3.63) is 24.4 Å². The van der Waals surface area contributed by atoms with Crippen LogP contribution < -0.4 is 0 Å². The van der Waals surface area contributed by atoms with Crippen LogP contribution in [0.2, 0.25) is 0 Å². The average molecular weight is 292 g/mol. The van der Waals surface area contributed by atoms with Gasteiger partial charge in [-0.1, -0.05) is 36.5 Å². The summed E-state index contributed by atoms with van der Waals surface area (Å²) in [7, 11) is 2.18. The minimum atomic E-state index is 0.287. The van der Waals surface area contributed by atoms with Crippen molar-refractivity contribution in [2.24, 2.45) is 15.0 Å². The van der Waals surface area contributed by atoms with Gasteiger partial charge in [-0.2, -0.15) is 0 Å². The first kappa shape index (κ1) is 19.4. The fourth-order valence-electron chi connectivity index (χ4n) is 0.821. The van der Waals surface area contributed by atoms with E-state index in [0.717, 1.165) is 5.57 Å². The smallest absolute Gasteiger partial charge is 0.183 e. The Labute approximate surface area is 118 Å². The molecule has 0 aromatic heterocycles. The van der Waals surface area contributed by atoms with E-state index in [4.69, 9.17) is 11.6 Å². The van der Waals surface area contributed by atoms with Crippen molar-refractivity contribution in [3.63, 3.8) is 0 Å². The van der Waals surface area contributed by atoms with Crippen molar-refractivity contribution in [2.45, 2.75) is 13.8 Å². The maximum Gasteiger partial charge on any atom is 0.183 e. The molecule has 0 rings (SSSR count). The number of aliphatic imine (C=N–C) groups is 3. The molecule has 0 unspecified atom stereocenters. The number of halogens is 2. The van der Waals surface area contributed by atoms with Gasteiger partial charge in [0, 0.05) is 12.7 Å². The third kappa shape index (κ3) is 8.20. The van der Waals surface area contributed by atoms with Crippen LogP contribution in [0.25, 0.3) is 0 Å². The van der Waals surface area contributed by atoms with E-state index in [1.165, 1.54) is 11.8 Å². The first-order chi connectivity index (χ1) is 8.42. The van der Waals surface area contributed by atoms with Crippen molar-refractivity contribution in [3.8, 4) is 0 Å². The fourth-order valence-corrected chi connectivity index (χ4v) is 1.53. The highest BCUT2D eigenvalue weighted by Crippen LogP contribution is 2.08. The normalized spacial score (nSPS) is 12.7.